The lowest BCUT2D eigenvalue weighted by atomic mass is 10.1. The highest BCUT2D eigenvalue weighted by atomic mass is 32.1. The Morgan fingerprint density at radius 2 is 2.20 bits per heavy atom. The molecular weight excluding hydrogens is 336 g/mol. The summed E-state index contributed by atoms with van der Waals surface area (Å²) in [5.41, 5.74) is 6.67. The van der Waals surface area contributed by atoms with Gasteiger partial charge in [0.2, 0.25) is 5.91 Å². The van der Waals surface area contributed by atoms with Gasteiger partial charge in [0.1, 0.15) is 0 Å². The predicted octanol–water partition coefficient (Wildman–Crippen LogP) is 2.29. The maximum absolute atomic E-state index is 12.0. The largest absolute Gasteiger partial charge is 0.378 e. The maximum Gasteiger partial charge on any atom is 0.246 e. The summed E-state index contributed by atoms with van der Waals surface area (Å²) in [6.07, 6.45) is 1.90. The molecule has 1 N–H and O–H groups in total. The number of aromatic nitrogens is 1. The van der Waals surface area contributed by atoms with Gasteiger partial charge in [-0.3, -0.25) is 4.79 Å². The number of thiazole rings is 1. The molecule has 1 aromatic heterocycles. The van der Waals surface area contributed by atoms with E-state index >= 15 is 0 Å². The molecule has 0 unspecified atom stereocenters. The number of anilines is 1. The molecular formula is C18H22N4O2S. The van der Waals surface area contributed by atoms with Crippen LogP contribution in [0.3, 0.4) is 0 Å². The first-order valence-corrected chi connectivity index (χ1v) is 9.16. The summed E-state index contributed by atoms with van der Waals surface area (Å²) in [7, 11) is 0. The highest BCUT2D eigenvalue weighted by Crippen LogP contribution is 2.21. The van der Waals surface area contributed by atoms with Gasteiger partial charge in [0.05, 0.1) is 31.5 Å². The number of carbonyl (C=O) groups is 1. The van der Waals surface area contributed by atoms with Crippen molar-refractivity contribution in [3.8, 4) is 0 Å². The fraction of sp³-hybridized carbons (Fsp3) is 0.389. The van der Waals surface area contributed by atoms with Crippen molar-refractivity contribution in [3.63, 3.8) is 0 Å². The second-order valence-electron chi connectivity index (χ2n) is 6.05. The summed E-state index contributed by atoms with van der Waals surface area (Å²) < 4.78 is 5.34. The van der Waals surface area contributed by atoms with Gasteiger partial charge in [-0.15, -0.1) is 11.3 Å². The number of hydrogen-bond donors (Lipinski definition) is 1. The molecule has 2 heterocycles. The van der Waals surface area contributed by atoms with E-state index in [9.17, 15) is 4.79 Å². The lowest BCUT2D eigenvalue weighted by Gasteiger charge is -2.26. The Morgan fingerprint density at radius 3 is 2.96 bits per heavy atom. The van der Waals surface area contributed by atoms with E-state index < -0.39 is 0 Å². The number of benzene rings is 1. The number of amides is 1. The van der Waals surface area contributed by atoms with Gasteiger partial charge in [-0.2, -0.15) is 5.10 Å². The first-order valence-electron chi connectivity index (χ1n) is 8.28. The van der Waals surface area contributed by atoms with Gasteiger partial charge in [-0.05, 0) is 25.0 Å². The molecule has 0 spiro atoms. The van der Waals surface area contributed by atoms with Crippen molar-refractivity contribution in [2.75, 3.05) is 31.2 Å². The van der Waals surface area contributed by atoms with E-state index in [-0.39, 0.29) is 12.3 Å². The number of carbonyl (C=O) groups excluding carboxylic acids is 1. The minimum Gasteiger partial charge on any atom is -0.378 e. The molecule has 132 valence electrons. The van der Waals surface area contributed by atoms with Gasteiger partial charge in [0.15, 0.2) is 5.13 Å². The van der Waals surface area contributed by atoms with Crippen LogP contribution >= 0.6 is 11.3 Å². The van der Waals surface area contributed by atoms with Crippen molar-refractivity contribution in [1.82, 2.24) is 10.4 Å². The molecule has 1 aromatic carbocycles. The fourth-order valence-electron chi connectivity index (χ4n) is 2.63. The maximum atomic E-state index is 12.0. The molecule has 7 heteroatoms. The van der Waals surface area contributed by atoms with Gasteiger partial charge in [-0.25, -0.2) is 10.4 Å². The molecule has 6 nitrogen and oxygen atoms in total. The van der Waals surface area contributed by atoms with Crippen LogP contribution < -0.4 is 10.3 Å². The Bertz CT molecular complexity index is 766. The number of nitrogens with zero attached hydrogens (tertiary/aromatic N) is 3. The van der Waals surface area contributed by atoms with Crippen LogP contribution in [0.1, 0.15) is 22.4 Å². The molecule has 1 aliphatic heterocycles. The number of hydrazone groups is 1. The van der Waals surface area contributed by atoms with Crippen LogP contribution in [0.5, 0.6) is 0 Å². The first kappa shape index (κ1) is 17.6. The van der Waals surface area contributed by atoms with Crippen LogP contribution in [-0.4, -0.2) is 43.4 Å². The Labute approximate surface area is 151 Å². The third-order valence-corrected chi connectivity index (χ3v) is 4.93. The molecule has 0 bridgehead atoms. The van der Waals surface area contributed by atoms with Crippen molar-refractivity contribution in [2.45, 2.75) is 20.3 Å². The van der Waals surface area contributed by atoms with Crippen LogP contribution in [-0.2, 0) is 16.0 Å². The minimum atomic E-state index is -0.167. The van der Waals surface area contributed by atoms with E-state index in [1.54, 1.807) is 17.6 Å². The summed E-state index contributed by atoms with van der Waals surface area (Å²) in [6, 6.07) is 6.11. The van der Waals surface area contributed by atoms with Crippen molar-refractivity contribution >= 4 is 28.6 Å². The average molecular weight is 358 g/mol. The zero-order valence-corrected chi connectivity index (χ0v) is 15.3. The summed E-state index contributed by atoms with van der Waals surface area (Å²) in [4.78, 5) is 18.8. The van der Waals surface area contributed by atoms with Crippen molar-refractivity contribution in [2.24, 2.45) is 5.10 Å². The van der Waals surface area contributed by atoms with E-state index in [0.29, 0.717) is 0 Å². The quantitative estimate of drug-likeness (QED) is 0.658. The smallest absolute Gasteiger partial charge is 0.246 e. The molecule has 0 aliphatic carbocycles. The molecule has 0 atom stereocenters. The number of morpholine rings is 1. The Morgan fingerprint density at radius 1 is 1.40 bits per heavy atom. The van der Waals surface area contributed by atoms with Gasteiger partial charge in [0, 0.05) is 18.5 Å². The van der Waals surface area contributed by atoms with Crippen LogP contribution in [0.25, 0.3) is 0 Å². The fourth-order valence-corrected chi connectivity index (χ4v) is 3.50. The highest BCUT2D eigenvalue weighted by Gasteiger charge is 2.15. The minimum absolute atomic E-state index is 0.167. The molecule has 1 amide bonds. The second kappa shape index (κ2) is 8.22. The molecule has 1 fully saturated rings. The van der Waals surface area contributed by atoms with E-state index in [1.807, 2.05) is 24.4 Å². The lowest BCUT2D eigenvalue weighted by Crippen LogP contribution is -2.36. The zero-order valence-electron chi connectivity index (χ0n) is 14.5. The summed E-state index contributed by atoms with van der Waals surface area (Å²) in [6.45, 7) is 7.22. The SMILES string of the molecule is Cc1ccc(/C=N\NC(=O)Cc2csc(N3CCOCC3)n2)c(C)c1. The monoisotopic (exact) mass is 358 g/mol. The molecule has 1 saturated heterocycles. The van der Waals surface area contributed by atoms with E-state index in [2.05, 4.69) is 33.4 Å². The van der Waals surface area contributed by atoms with Crippen molar-refractivity contribution < 1.29 is 9.53 Å². The van der Waals surface area contributed by atoms with Gasteiger partial charge >= 0.3 is 0 Å². The van der Waals surface area contributed by atoms with Crippen LogP contribution in [0.4, 0.5) is 5.13 Å². The van der Waals surface area contributed by atoms with E-state index in [4.69, 9.17) is 4.74 Å². The normalized spacial score (nSPS) is 14.9. The number of hydrogen-bond acceptors (Lipinski definition) is 6. The Hall–Kier alpha value is -2.25. The molecule has 3 rings (SSSR count). The van der Waals surface area contributed by atoms with E-state index in [1.165, 1.54) is 5.56 Å². The Balaban J connectivity index is 1.52. The number of aryl methyl sites for hydroxylation is 2. The molecule has 25 heavy (non-hydrogen) atoms. The van der Waals surface area contributed by atoms with Gasteiger partial charge in [0.25, 0.3) is 0 Å². The lowest BCUT2D eigenvalue weighted by molar-refractivity contribution is -0.120. The topological polar surface area (TPSA) is 66.8 Å². The number of ether oxygens (including phenoxy) is 1. The summed E-state index contributed by atoms with van der Waals surface area (Å²) >= 11 is 1.56. The van der Waals surface area contributed by atoms with Gasteiger partial charge < -0.3 is 9.64 Å². The average Bonchev–Trinajstić information content (AvgIpc) is 3.06. The zero-order chi connectivity index (χ0) is 17.6. The van der Waals surface area contributed by atoms with Gasteiger partial charge in [-0.1, -0.05) is 23.8 Å². The highest BCUT2D eigenvalue weighted by molar-refractivity contribution is 7.13. The molecule has 1 aliphatic rings. The van der Waals surface area contributed by atoms with Crippen LogP contribution in [0.15, 0.2) is 28.7 Å². The number of rotatable bonds is 5. The van der Waals surface area contributed by atoms with Crippen LogP contribution in [0, 0.1) is 13.8 Å². The first-order chi connectivity index (χ1) is 12.1. The van der Waals surface area contributed by atoms with E-state index in [0.717, 1.165) is 48.3 Å². The predicted molar refractivity (Wildman–Crippen MR) is 101 cm³/mol. The van der Waals surface area contributed by atoms with Crippen molar-refractivity contribution in [3.05, 3.63) is 46.0 Å². The molecule has 0 radical (unpaired) electrons. The van der Waals surface area contributed by atoms with Crippen molar-refractivity contribution in [1.29, 1.82) is 0 Å². The number of nitrogens with one attached hydrogen (secondary N) is 1. The third kappa shape index (κ3) is 4.87. The summed E-state index contributed by atoms with van der Waals surface area (Å²) in [5.74, 6) is -0.167. The second-order valence-corrected chi connectivity index (χ2v) is 6.89. The molecule has 0 saturated carbocycles. The Kier molecular flexibility index (Phi) is 5.78. The molecule has 2 aromatic rings. The summed E-state index contributed by atoms with van der Waals surface area (Å²) in [5, 5.41) is 6.93. The van der Waals surface area contributed by atoms with Crippen LogP contribution in [0.2, 0.25) is 0 Å². The standard InChI is InChI=1S/C18H22N4O2S/c1-13-3-4-15(14(2)9-13)11-19-21-17(23)10-16-12-25-18(20-16)22-5-7-24-8-6-22/h3-4,9,11-12H,5-8,10H2,1-2H3,(H,21,23)/b19-11-. The third-order valence-electron chi connectivity index (χ3n) is 3.98.